The SMILES string of the molecule is Nc1ncnc(NCC(O)CO)c1Br. The molecule has 0 radical (unpaired) electrons. The van der Waals surface area contributed by atoms with E-state index in [0.29, 0.717) is 16.1 Å². The molecule has 0 saturated heterocycles. The van der Waals surface area contributed by atoms with E-state index < -0.39 is 6.10 Å². The molecule has 0 aliphatic heterocycles. The first kappa shape index (κ1) is 11.2. The Bertz CT molecular complexity index is 310. The monoisotopic (exact) mass is 262 g/mol. The van der Waals surface area contributed by atoms with Crippen LogP contribution in [0.4, 0.5) is 11.6 Å². The zero-order valence-corrected chi connectivity index (χ0v) is 8.90. The molecule has 0 fully saturated rings. The number of anilines is 2. The van der Waals surface area contributed by atoms with Gasteiger partial charge in [-0.15, -0.1) is 0 Å². The summed E-state index contributed by atoms with van der Waals surface area (Å²) < 4.78 is 0.546. The lowest BCUT2D eigenvalue weighted by molar-refractivity contribution is 0.105. The minimum atomic E-state index is -0.821. The van der Waals surface area contributed by atoms with Gasteiger partial charge in [-0.1, -0.05) is 0 Å². The summed E-state index contributed by atoms with van der Waals surface area (Å²) in [5, 5.41) is 20.5. The Morgan fingerprint density at radius 2 is 2.29 bits per heavy atom. The molecule has 1 aromatic heterocycles. The third kappa shape index (κ3) is 2.79. The maximum absolute atomic E-state index is 9.08. The molecule has 0 aromatic carbocycles. The van der Waals surface area contributed by atoms with Crippen molar-refractivity contribution in [3.63, 3.8) is 0 Å². The summed E-state index contributed by atoms with van der Waals surface area (Å²) in [7, 11) is 0. The highest BCUT2D eigenvalue weighted by molar-refractivity contribution is 9.10. The summed E-state index contributed by atoms with van der Waals surface area (Å²) in [5.74, 6) is 0.811. The van der Waals surface area contributed by atoms with E-state index >= 15 is 0 Å². The van der Waals surface area contributed by atoms with Crippen LogP contribution in [0.25, 0.3) is 0 Å². The molecule has 0 amide bonds. The van der Waals surface area contributed by atoms with Crippen LogP contribution < -0.4 is 11.1 Å². The zero-order valence-electron chi connectivity index (χ0n) is 7.31. The summed E-state index contributed by atoms with van der Waals surface area (Å²) in [6.07, 6.45) is 0.492. The summed E-state index contributed by atoms with van der Waals surface area (Å²) in [6, 6.07) is 0. The minimum absolute atomic E-state index is 0.200. The van der Waals surface area contributed by atoms with Crippen LogP contribution in [-0.2, 0) is 0 Å². The number of nitrogens with zero attached hydrogens (tertiary/aromatic N) is 2. The minimum Gasteiger partial charge on any atom is -0.394 e. The molecular weight excluding hydrogens is 252 g/mol. The van der Waals surface area contributed by atoms with Crippen LogP contribution in [0.5, 0.6) is 0 Å². The molecule has 7 heteroatoms. The van der Waals surface area contributed by atoms with Crippen molar-refractivity contribution >= 4 is 27.6 Å². The van der Waals surface area contributed by atoms with E-state index in [1.165, 1.54) is 6.33 Å². The number of nitrogen functional groups attached to an aromatic ring is 1. The Kier molecular flexibility index (Phi) is 4.05. The van der Waals surface area contributed by atoms with E-state index in [1.807, 2.05) is 0 Å². The standard InChI is InChI=1S/C7H11BrN4O2/c8-5-6(9)11-3-12-7(5)10-1-4(14)2-13/h3-4,13-14H,1-2H2,(H3,9,10,11,12). The van der Waals surface area contributed by atoms with Crippen molar-refractivity contribution < 1.29 is 10.2 Å². The third-order valence-electron chi connectivity index (χ3n) is 1.53. The first-order valence-corrected chi connectivity index (χ1v) is 4.73. The number of nitrogens with two attached hydrogens (primary N) is 1. The Hall–Kier alpha value is -0.920. The average Bonchev–Trinajstić information content (AvgIpc) is 2.20. The first-order chi connectivity index (χ1) is 6.65. The summed E-state index contributed by atoms with van der Waals surface area (Å²) in [6.45, 7) is -0.100. The Balaban J connectivity index is 2.63. The van der Waals surface area contributed by atoms with Gasteiger partial charge in [-0.25, -0.2) is 9.97 Å². The third-order valence-corrected chi connectivity index (χ3v) is 2.31. The molecule has 0 saturated carbocycles. The fraction of sp³-hybridized carbons (Fsp3) is 0.429. The highest BCUT2D eigenvalue weighted by atomic mass is 79.9. The molecule has 1 aromatic rings. The Morgan fingerprint density at radius 1 is 1.57 bits per heavy atom. The van der Waals surface area contributed by atoms with E-state index in [-0.39, 0.29) is 13.2 Å². The van der Waals surface area contributed by atoms with Gasteiger partial charge in [0.2, 0.25) is 0 Å². The van der Waals surface area contributed by atoms with Crippen LogP contribution >= 0.6 is 15.9 Å². The van der Waals surface area contributed by atoms with Crippen molar-refractivity contribution in [2.75, 3.05) is 24.2 Å². The number of nitrogens with one attached hydrogen (secondary N) is 1. The topological polar surface area (TPSA) is 104 Å². The average molecular weight is 263 g/mol. The number of hydrogen-bond acceptors (Lipinski definition) is 6. The van der Waals surface area contributed by atoms with Gasteiger partial charge in [-0.05, 0) is 15.9 Å². The number of aliphatic hydroxyl groups excluding tert-OH is 2. The second-order valence-corrected chi connectivity index (χ2v) is 3.43. The van der Waals surface area contributed by atoms with Gasteiger partial charge < -0.3 is 21.3 Å². The van der Waals surface area contributed by atoms with Crippen molar-refractivity contribution in [3.8, 4) is 0 Å². The summed E-state index contributed by atoms with van der Waals surface area (Å²) in [5.41, 5.74) is 5.51. The molecule has 0 aliphatic carbocycles. The molecule has 1 atom stereocenters. The number of hydrogen-bond donors (Lipinski definition) is 4. The zero-order chi connectivity index (χ0) is 10.6. The number of rotatable bonds is 4. The summed E-state index contributed by atoms with van der Waals surface area (Å²) >= 11 is 3.20. The number of aromatic nitrogens is 2. The van der Waals surface area contributed by atoms with E-state index in [4.69, 9.17) is 15.9 Å². The maximum Gasteiger partial charge on any atom is 0.146 e. The molecule has 0 bridgehead atoms. The molecule has 14 heavy (non-hydrogen) atoms. The normalized spacial score (nSPS) is 12.5. The Morgan fingerprint density at radius 3 is 2.93 bits per heavy atom. The smallest absolute Gasteiger partial charge is 0.146 e. The largest absolute Gasteiger partial charge is 0.394 e. The van der Waals surface area contributed by atoms with Gasteiger partial charge in [-0.2, -0.15) is 0 Å². The van der Waals surface area contributed by atoms with Gasteiger partial charge in [0.15, 0.2) is 0 Å². The number of aliphatic hydroxyl groups is 2. The van der Waals surface area contributed by atoms with Crippen molar-refractivity contribution in [2.24, 2.45) is 0 Å². The Labute approximate surface area is 89.3 Å². The van der Waals surface area contributed by atoms with Crippen LogP contribution in [0, 0.1) is 0 Å². The quantitative estimate of drug-likeness (QED) is 0.588. The molecule has 1 rings (SSSR count). The molecule has 5 N–H and O–H groups in total. The first-order valence-electron chi connectivity index (χ1n) is 3.94. The number of halogens is 1. The lowest BCUT2D eigenvalue weighted by atomic mass is 10.4. The van der Waals surface area contributed by atoms with Crippen LogP contribution in [0.2, 0.25) is 0 Å². The summed E-state index contributed by atoms with van der Waals surface area (Å²) in [4.78, 5) is 7.66. The molecular formula is C7H11BrN4O2. The second kappa shape index (κ2) is 5.08. The van der Waals surface area contributed by atoms with Crippen LogP contribution in [0.3, 0.4) is 0 Å². The molecule has 0 spiro atoms. The van der Waals surface area contributed by atoms with Crippen molar-refractivity contribution in [2.45, 2.75) is 6.10 Å². The molecule has 78 valence electrons. The molecule has 1 unspecified atom stereocenters. The van der Waals surface area contributed by atoms with Crippen LogP contribution in [-0.4, -0.2) is 39.4 Å². The fourth-order valence-corrected chi connectivity index (χ4v) is 1.13. The van der Waals surface area contributed by atoms with Crippen molar-refractivity contribution in [1.82, 2.24) is 9.97 Å². The van der Waals surface area contributed by atoms with Gasteiger partial charge in [-0.3, -0.25) is 0 Å². The van der Waals surface area contributed by atoms with Crippen molar-refractivity contribution in [1.29, 1.82) is 0 Å². The van der Waals surface area contributed by atoms with Crippen LogP contribution in [0.15, 0.2) is 10.8 Å². The van der Waals surface area contributed by atoms with Gasteiger partial charge in [0.05, 0.1) is 12.7 Å². The van der Waals surface area contributed by atoms with Gasteiger partial charge >= 0.3 is 0 Å². The van der Waals surface area contributed by atoms with Gasteiger partial charge in [0.25, 0.3) is 0 Å². The second-order valence-electron chi connectivity index (χ2n) is 2.64. The highest BCUT2D eigenvalue weighted by Crippen LogP contribution is 2.23. The molecule has 1 heterocycles. The highest BCUT2D eigenvalue weighted by Gasteiger charge is 2.07. The van der Waals surface area contributed by atoms with E-state index in [2.05, 4.69) is 31.2 Å². The lowest BCUT2D eigenvalue weighted by Crippen LogP contribution is -2.23. The van der Waals surface area contributed by atoms with Gasteiger partial charge in [0.1, 0.15) is 22.4 Å². The lowest BCUT2D eigenvalue weighted by Gasteiger charge is -2.10. The predicted molar refractivity (Wildman–Crippen MR) is 55.7 cm³/mol. The molecule has 0 aliphatic rings. The fourth-order valence-electron chi connectivity index (χ4n) is 0.786. The van der Waals surface area contributed by atoms with E-state index in [9.17, 15) is 0 Å². The van der Waals surface area contributed by atoms with Crippen molar-refractivity contribution in [3.05, 3.63) is 10.8 Å². The van der Waals surface area contributed by atoms with Crippen LogP contribution in [0.1, 0.15) is 0 Å². The van der Waals surface area contributed by atoms with E-state index in [1.54, 1.807) is 0 Å². The van der Waals surface area contributed by atoms with E-state index in [0.717, 1.165) is 0 Å². The predicted octanol–water partition coefficient (Wildman–Crippen LogP) is -0.414. The van der Waals surface area contributed by atoms with Gasteiger partial charge in [0, 0.05) is 6.54 Å². The maximum atomic E-state index is 9.08. The molecule has 6 nitrogen and oxygen atoms in total.